The molecule has 2 aliphatic carbocycles. The minimum absolute atomic E-state index is 0.0222. The number of hydrogen-bond acceptors (Lipinski definition) is 4. The van der Waals surface area contributed by atoms with Crippen molar-refractivity contribution in [2.45, 2.75) is 44.6 Å². The molecular weight excluding hydrogens is 318 g/mol. The predicted molar refractivity (Wildman–Crippen MR) is 92.7 cm³/mol. The molecule has 1 N–H and O–H groups in total. The third kappa shape index (κ3) is 4.09. The topological polar surface area (TPSA) is 72.5 Å². The van der Waals surface area contributed by atoms with Crippen LogP contribution < -0.4 is 5.32 Å². The summed E-state index contributed by atoms with van der Waals surface area (Å²) in [5.74, 6) is -0.372. The monoisotopic (exact) mass is 343 g/mol. The minimum Gasteiger partial charge on any atom is -0.467 e. The van der Waals surface area contributed by atoms with Gasteiger partial charge in [-0.15, -0.1) is 0 Å². The van der Waals surface area contributed by atoms with Gasteiger partial charge < -0.3 is 10.1 Å². The molecule has 0 aromatic heterocycles. The molecule has 1 aromatic rings. The highest BCUT2D eigenvalue weighted by molar-refractivity contribution is 5.90. The van der Waals surface area contributed by atoms with Crippen LogP contribution in [0.25, 0.3) is 0 Å². The third-order valence-corrected chi connectivity index (χ3v) is 5.50. The van der Waals surface area contributed by atoms with Crippen molar-refractivity contribution in [3.8, 4) is 0 Å². The lowest BCUT2D eigenvalue weighted by Gasteiger charge is -2.37. The molecule has 25 heavy (non-hydrogen) atoms. The number of methoxy groups -OCH3 is 1. The average Bonchev–Trinajstić information content (AvgIpc) is 2.61. The van der Waals surface area contributed by atoms with E-state index in [1.807, 2.05) is 30.3 Å². The average molecular weight is 343 g/mol. The Morgan fingerprint density at radius 3 is 2.40 bits per heavy atom. The molecule has 2 aliphatic rings. The lowest BCUT2D eigenvalue weighted by molar-refractivity contribution is -0.147. The molecule has 5 heteroatoms. The first-order chi connectivity index (χ1) is 12.1. The summed E-state index contributed by atoms with van der Waals surface area (Å²) in [4.78, 5) is 37.0. The van der Waals surface area contributed by atoms with Crippen molar-refractivity contribution in [1.29, 1.82) is 0 Å². The zero-order valence-corrected chi connectivity index (χ0v) is 14.6. The lowest BCUT2D eigenvalue weighted by Crippen LogP contribution is -2.48. The Morgan fingerprint density at radius 2 is 1.80 bits per heavy atom. The van der Waals surface area contributed by atoms with Gasteiger partial charge in [0.15, 0.2) is 0 Å². The maximum absolute atomic E-state index is 12.7. The summed E-state index contributed by atoms with van der Waals surface area (Å²) in [6.07, 6.45) is 4.49. The van der Waals surface area contributed by atoms with Crippen LogP contribution in [0.1, 0.15) is 37.7 Å². The number of benzene rings is 1. The number of amides is 1. The molecule has 5 nitrogen and oxygen atoms in total. The molecule has 1 amide bonds. The van der Waals surface area contributed by atoms with Gasteiger partial charge in [-0.05, 0) is 31.2 Å². The van der Waals surface area contributed by atoms with Gasteiger partial charge in [0.2, 0.25) is 5.91 Å². The molecule has 3 rings (SSSR count). The van der Waals surface area contributed by atoms with Crippen LogP contribution in [0.15, 0.2) is 30.3 Å². The van der Waals surface area contributed by atoms with Gasteiger partial charge in [-0.1, -0.05) is 36.8 Å². The third-order valence-electron chi connectivity index (χ3n) is 5.50. The summed E-state index contributed by atoms with van der Waals surface area (Å²) in [6.45, 7) is 0. The molecule has 2 saturated carbocycles. The second-order valence-corrected chi connectivity index (χ2v) is 7.17. The lowest BCUT2D eigenvalue weighted by atomic mass is 9.67. The number of ether oxygens (including phenoxy) is 1. The predicted octanol–water partition coefficient (Wildman–Crippen LogP) is 2.28. The highest BCUT2D eigenvalue weighted by Crippen LogP contribution is 2.40. The van der Waals surface area contributed by atoms with Gasteiger partial charge in [-0.3, -0.25) is 9.59 Å². The van der Waals surface area contributed by atoms with Crippen molar-refractivity contribution < 1.29 is 19.1 Å². The fourth-order valence-electron chi connectivity index (χ4n) is 4.17. The second kappa shape index (κ2) is 7.81. The summed E-state index contributed by atoms with van der Waals surface area (Å²) in [5.41, 5.74) is 0.967. The summed E-state index contributed by atoms with van der Waals surface area (Å²) >= 11 is 0. The van der Waals surface area contributed by atoms with Gasteiger partial charge in [0.1, 0.15) is 11.8 Å². The van der Waals surface area contributed by atoms with Gasteiger partial charge in [-0.25, -0.2) is 4.79 Å². The van der Waals surface area contributed by atoms with Gasteiger partial charge in [0, 0.05) is 24.2 Å². The van der Waals surface area contributed by atoms with Crippen LogP contribution in [-0.4, -0.2) is 30.8 Å². The molecule has 1 unspecified atom stereocenters. The van der Waals surface area contributed by atoms with Crippen LogP contribution in [-0.2, 0) is 25.5 Å². The van der Waals surface area contributed by atoms with Crippen LogP contribution in [0.5, 0.6) is 0 Å². The van der Waals surface area contributed by atoms with Crippen molar-refractivity contribution in [1.82, 2.24) is 5.32 Å². The number of ketones is 1. The molecule has 2 fully saturated rings. The van der Waals surface area contributed by atoms with E-state index in [-0.39, 0.29) is 23.7 Å². The Labute approximate surface area is 148 Å². The maximum Gasteiger partial charge on any atom is 0.328 e. The summed E-state index contributed by atoms with van der Waals surface area (Å²) in [5, 5.41) is 2.87. The molecule has 0 aliphatic heterocycles. The van der Waals surface area contributed by atoms with E-state index in [0.717, 1.165) is 24.8 Å². The normalized spacial score (nSPS) is 26.6. The number of fused-ring (bicyclic) bond motifs is 2. The fourth-order valence-corrected chi connectivity index (χ4v) is 4.17. The smallest absolute Gasteiger partial charge is 0.328 e. The molecule has 0 spiro atoms. The summed E-state index contributed by atoms with van der Waals surface area (Å²) < 4.78 is 4.86. The first-order valence-corrected chi connectivity index (χ1v) is 9.04. The first kappa shape index (κ1) is 17.6. The van der Waals surface area contributed by atoms with E-state index in [2.05, 4.69) is 5.32 Å². The zero-order valence-electron chi connectivity index (χ0n) is 14.6. The van der Waals surface area contributed by atoms with E-state index in [0.29, 0.717) is 25.0 Å². The number of hydrogen-bond donors (Lipinski definition) is 1. The summed E-state index contributed by atoms with van der Waals surface area (Å²) in [7, 11) is 1.33. The number of carbonyl (C=O) groups excluding carboxylic acids is 3. The molecule has 0 radical (unpaired) electrons. The number of Topliss-reactive ketones (excluding diaryl/α,β-unsaturated/α-hetero) is 1. The van der Waals surface area contributed by atoms with Crippen LogP contribution in [0.4, 0.5) is 0 Å². The van der Waals surface area contributed by atoms with Crippen LogP contribution in [0.2, 0.25) is 0 Å². The van der Waals surface area contributed by atoms with E-state index in [4.69, 9.17) is 4.74 Å². The standard InChI is InChI=1S/C20H25NO4/c1-25-20(24)17(10-13-6-3-2-4-7-13)21-19(23)16-11-14-8-5-9-15(12-16)18(14)22/h2-4,6-7,14-17H,5,8-12H2,1H3,(H,21,23)/t14-,15+,16?,17-/m0/s1. The highest BCUT2D eigenvalue weighted by Gasteiger charge is 2.41. The van der Waals surface area contributed by atoms with E-state index in [9.17, 15) is 14.4 Å². The molecule has 2 bridgehead atoms. The Morgan fingerprint density at radius 1 is 1.16 bits per heavy atom. The molecule has 1 aromatic carbocycles. The maximum atomic E-state index is 12.7. The van der Waals surface area contributed by atoms with Gasteiger partial charge >= 0.3 is 5.97 Å². The number of carbonyl (C=O) groups is 3. The Hall–Kier alpha value is -2.17. The van der Waals surface area contributed by atoms with Crippen molar-refractivity contribution in [2.24, 2.45) is 17.8 Å². The van der Waals surface area contributed by atoms with E-state index in [1.165, 1.54) is 7.11 Å². The van der Waals surface area contributed by atoms with Gasteiger partial charge in [0.25, 0.3) is 0 Å². The quantitative estimate of drug-likeness (QED) is 0.833. The largest absolute Gasteiger partial charge is 0.467 e. The number of rotatable bonds is 5. The van der Waals surface area contributed by atoms with E-state index < -0.39 is 12.0 Å². The highest BCUT2D eigenvalue weighted by atomic mass is 16.5. The van der Waals surface area contributed by atoms with Gasteiger partial charge in [-0.2, -0.15) is 0 Å². The second-order valence-electron chi connectivity index (χ2n) is 7.17. The number of nitrogens with one attached hydrogen (secondary N) is 1. The van der Waals surface area contributed by atoms with Gasteiger partial charge in [0.05, 0.1) is 7.11 Å². The van der Waals surface area contributed by atoms with Crippen molar-refractivity contribution in [3.05, 3.63) is 35.9 Å². The SMILES string of the molecule is COC(=O)[C@H](Cc1ccccc1)NC(=O)C1C[C@H]2CCC[C@@H](C1)C2=O. The van der Waals surface area contributed by atoms with Crippen molar-refractivity contribution >= 4 is 17.7 Å². The van der Waals surface area contributed by atoms with Crippen LogP contribution in [0.3, 0.4) is 0 Å². The Balaban J connectivity index is 1.66. The van der Waals surface area contributed by atoms with Crippen LogP contribution in [0, 0.1) is 17.8 Å². The fraction of sp³-hybridized carbons (Fsp3) is 0.550. The van der Waals surface area contributed by atoms with Crippen molar-refractivity contribution in [3.63, 3.8) is 0 Å². The number of esters is 1. The van der Waals surface area contributed by atoms with E-state index >= 15 is 0 Å². The Kier molecular flexibility index (Phi) is 5.51. The molecule has 4 atom stereocenters. The summed E-state index contributed by atoms with van der Waals surface area (Å²) in [6, 6.07) is 8.86. The molecular formula is C20H25NO4. The van der Waals surface area contributed by atoms with E-state index in [1.54, 1.807) is 0 Å². The minimum atomic E-state index is -0.697. The first-order valence-electron chi connectivity index (χ1n) is 9.04. The molecule has 134 valence electrons. The Bertz CT molecular complexity index is 626. The van der Waals surface area contributed by atoms with Crippen LogP contribution >= 0.6 is 0 Å². The van der Waals surface area contributed by atoms with Crippen molar-refractivity contribution in [2.75, 3.05) is 7.11 Å². The zero-order chi connectivity index (χ0) is 17.8. The molecule has 0 heterocycles. The molecule has 0 saturated heterocycles.